The Morgan fingerprint density at radius 2 is 1.91 bits per heavy atom. The summed E-state index contributed by atoms with van der Waals surface area (Å²) in [6, 6.07) is 7.73. The topological polar surface area (TPSA) is 113 Å². The lowest BCUT2D eigenvalue weighted by Crippen LogP contribution is -2.47. The maximum atomic E-state index is 11.2. The Hall–Kier alpha value is -3.70. The molecule has 0 spiro atoms. The molecule has 5 rings (SSSR count). The van der Waals surface area contributed by atoms with Gasteiger partial charge in [-0.05, 0) is 18.2 Å². The molecule has 1 N–H and O–H groups in total. The Bertz CT molecular complexity index is 1170. The Morgan fingerprint density at radius 1 is 1.11 bits per heavy atom. The number of nitrogens with zero attached hydrogens (tertiary/aromatic N) is 6. The minimum Gasteiger partial charge on any atom is -0.493 e. The van der Waals surface area contributed by atoms with Gasteiger partial charge in [0.2, 0.25) is 0 Å². The zero-order chi connectivity index (χ0) is 24.2. The molecular weight excluding hydrogens is 452 g/mol. The van der Waals surface area contributed by atoms with Crippen LogP contribution in [-0.2, 0) is 4.74 Å². The highest BCUT2D eigenvalue weighted by Gasteiger charge is 2.27. The third kappa shape index (κ3) is 4.91. The monoisotopic (exact) mass is 480 g/mol. The van der Waals surface area contributed by atoms with Crippen LogP contribution in [0.2, 0.25) is 0 Å². The molecule has 2 aliphatic rings. The molecule has 0 aliphatic carbocycles. The van der Waals surface area contributed by atoms with Gasteiger partial charge in [0, 0.05) is 56.7 Å². The van der Waals surface area contributed by atoms with E-state index in [1.54, 1.807) is 25.8 Å². The predicted octanol–water partition coefficient (Wildman–Crippen LogP) is 2.94. The SMILES string of the molecule is COc1cc(N(c2ncnc3cnccc23)N2CCOCC2)ccc1OC1CCN(C(=O)O)CC1. The van der Waals surface area contributed by atoms with E-state index in [9.17, 15) is 9.90 Å². The van der Waals surface area contributed by atoms with Gasteiger partial charge in [-0.3, -0.25) is 9.99 Å². The summed E-state index contributed by atoms with van der Waals surface area (Å²) in [5.74, 6) is 1.97. The molecule has 0 saturated carbocycles. The van der Waals surface area contributed by atoms with Crippen molar-refractivity contribution in [2.75, 3.05) is 51.5 Å². The number of morpholine rings is 1. The third-order valence-electron chi connectivity index (χ3n) is 6.29. The number of hydrogen-bond donors (Lipinski definition) is 1. The van der Waals surface area contributed by atoms with E-state index < -0.39 is 6.09 Å². The number of benzene rings is 1. The summed E-state index contributed by atoms with van der Waals surface area (Å²) in [5.41, 5.74) is 1.63. The average Bonchev–Trinajstić information content (AvgIpc) is 2.90. The largest absolute Gasteiger partial charge is 0.493 e. The molecule has 0 unspecified atom stereocenters. The average molecular weight is 481 g/mol. The maximum Gasteiger partial charge on any atom is 0.407 e. The number of likely N-dealkylation sites (tertiary alicyclic amines) is 1. The van der Waals surface area contributed by atoms with Crippen LogP contribution in [0.1, 0.15) is 12.8 Å². The van der Waals surface area contributed by atoms with Gasteiger partial charge in [-0.25, -0.2) is 19.8 Å². The molecule has 184 valence electrons. The fourth-order valence-electron chi connectivity index (χ4n) is 4.47. The van der Waals surface area contributed by atoms with E-state index in [1.807, 2.05) is 24.3 Å². The lowest BCUT2D eigenvalue weighted by Gasteiger charge is -2.38. The molecule has 11 nitrogen and oxygen atoms in total. The highest BCUT2D eigenvalue weighted by molar-refractivity contribution is 5.90. The van der Waals surface area contributed by atoms with Crippen molar-refractivity contribution in [3.8, 4) is 11.5 Å². The second kappa shape index (κ2) is 10.3. The second-order valence-electron chi connectivity index (χ2n) is 8.39. The summed E-state index contributed by atoms with van der Waals surface area (Å²) in [5, 5.41) is 14.3. The van der Waals surface area contributed by atoms with Gasteiger partial charge in [-0.15, -0.1) is 0 Å². The third-order valence-corrected chi connectivity index (χ3v) is 6.29. The van der Waals surface area contributed by atoms with Crippen molar-refractivity contribution in [3.05, 3.63) is 43.0 Å². The van der Waals surface area contributed by atoms with Crippen LogP contribution < -0.4 is 14.5 Å². The Labute approximate surface area is 202 Å². The lowest BCUT2D eigenvalue weighted by molar-refractivity contribution is 0.0376. The van der Waals surface area contributed by atoms with Crippen LogP contribution in [0, 0.1) is 0 Å². The first-order valence-electron chi connectivity index (χ1n) is 11.6. The number of aromatic nitrogens is 3. The molecule has 11 heteroatoms. The van der Waals surface area contributed by atoms with Crippen LogP contribution >= 0.6 is 0 Å². The Morgan fingerprint density at radius 3 is 2.66 bits per heavy atom. The molecule has 1 aromatic carbocycles. The number of methoxy groups -OCH3 is 1. The summed E-state index contributed by atoms with van der Waals surface area (Å²) in [4.78, 5) is 25.8. The molecule has 2 aliphatic heterocycles. The molecule has 2 aromatic heterocycles. The first-order chi connectivity index (χ1) is 17.1. The standard InChI is InChI=1S/C24H28N6O5/c1-33-22-14-17(2-3-21(22)35-18-5-8-28(9-6-18)24(31)32)30(29-10-12-34-13-11-29)23-19-4-7-25-15-20(19)26-16-27-23/h2-4,7,14-16,18H,5-6,8-13H2,1H3,(H,31,32). The molecule has 1 amide bonds. The summed E-state index contributed by atoms with van der Waals surface area (Å²) in [7, 11) is 1.61. The van der Waals surface area contributed by atoms with Crippen molar-refractivity contribution < 1.29 is 24.1 Å². The quantitative estimate of drug-likeness (QED) is 0.565. The van der Waals surface area contributed by atoms with Crippen LogP contribution in [0.5, 0.6) is 11.5 Å². The van der Waals surface area contributed by atoms with E-state index in [1.165, 1.54) is 4.90 Å². The number of pyridine rings is 1. The number of carboxylic acid groups (broad SMARTS) is 1. The zero-order valence-corrected chi connectivity index (χ0v) is 19.5. The first kappa shape index (κ1) is 23.1. The molecular formula is C24H28N6O5. The van der Waals surface area contributed by atoms with Crippen molar-refractivity contribution in [2.45, 2.75) is 18.9 Å². The Balaban J connectivity index is 1.46. The smallest absolute Gasteiger partial charge is 0.407 e. The number of ether oxygens (including phenoxy) is 3. The molecule has 35 heavy (non-hydrogen) atoms. The van der Waals surface area contributed by atoms with Gasteiger partial charge in [-0.1, -0.05) is 0 Å². The minimum atomic E-state index is -0.887. The predicted molar refractivity (Wildman–Crippen MR) is 128 cm³/mol. The number of hydrazine groups is 1. The van der Waals surface area contributed by atoms with E-state index in [2.05, 4.69) is 25.0 Å². The van der Waals surface area contributed by atoms with Gasteiger partial charge in [0.05, 0.1) is 37.7 Å². The number of fused-ring (bicyclic) bond motifs is 1. The molecule has 0 radical (unpaired) electrons. The first-order valence-corrected chi connectivity index (χ1v) is 11.6. The number of anilines is 2. The van der Waals surface area contributed by atoms with Crippen molar-refractivity contribution in [1.29, 1.82) is 0 Å². The van der Waals surface area contributed by atoms with Crippen LogP contribution in [0.15, 0.2) is 43.0 Å². The Kier molecular flexibility index (Phi) is 6.77. The van der Waals surface area contributed by atoms with E-state index in [0.717, 1.165) is 22.4 Å². The van der Waals surface area contributed by atoms with Crippen molar-refractivity contribution in [3.63, 3.8) is 0 Å². The fourth-order valence-corrected chi connectivity index (χ4v) is 4.47. The van der Waals surface area contributed by atoms with Crippen LogP contribution in [-0.4, -0.2) is 88.7 Å². The van der Waals surface area contributed by atoms with Crippen molar-refractivity contribution >= 4 is 28.5 Å². The van der Waals surface area contributed by atoms with E-state index in [4.69, 9.17) is 14.2 Å². The summed E-state index contributed by atoms with van der Waals surface area (Å²) >= 11 is 0. The molecule has 2 saturated heterocycles. The summed E-state index contributed by atoms with van der Waals surface area (Å²) < 4.78 is 17.5. The zero-order valence-electron chi connectivity index (χ0n) is 19.5. The number of amides is 1. The van der Waals surface area contributed by atoms with Gasteiger partial charge in [-0.2, -0.15) is 0 Å². The number of piperidine rings is 1. The minimum absolute atomic E-state index is 0.0704. The summed E-state index contributed by atoms with van der Waals surface area (Å²) in [6.45, 7) is 3.57. The highest BCUT2D eigenvalue weighted by atomic mass is 16.5. The molecule has 3 aromatic rings. The summed E-state index contributed by atoms with van der Waals surface area (Å²) in [6.07, 6.45) is 5.33. The van der Waals surface area contributed by atoms with Crippen molar-refractivity contribution in [2.24, 2.45) is 0 Å². The number of carbonyl (C=O) groups is 1. The second-order valence-corrected chi connectivity index (χ2v) is 8.39. The molecule has 2 fully saturated rings. The molecule has 0 atom stereocenters. The highest BCUT2D eigenvalue weighted by Crippen LogP contribution is 2.38. The van der Waals surface area contributed by atoms with Gasteiger partial charge >= 0.3 is 6.09 Å². The lowest BCUT2D eigenvalue weighted by atomic mass is 10.1. The van der Waals surface area contributed by atoms with Crippen LogP contribution in [0.25, 0.3) is 10.9 Å². The maximum absolute atomic E-state index is 11.2. The van der Waals surface area contributed by atoms with Gasteiger partial charge < -0.3 is 24.2 Å². The van der Waals surface area contributed by atoms with E-state index in [-0.39, 0.29) is 6.10 Å². The number of rotatable bonds is 6. The molecule has 0 bridgehead atoms. The van der Waals surface area contributed by atoms with Crippen molar-refractivity contribution in [1.82, 2.24) is 24.9 Å². The van der Waals surface area contributed by atoms with Crippen LogP contribution in [0.3, 0.4) is 0 Å². The number of hydrogen-bond acceptors (Lipinski definition) is 9. The van der Waals surface area contributed by atoms with Gasteiger partial charge in [0.1, 0.15) is 12.4 Å². The normalized spacial score (nSPS) is 17.3. The molecule has 4 heterocycles. The van der Waals surface area contributed by atoms with E-state index >= 15 is 0 Å². The van der Waals surface area contributed by atoms with Gasteiger partial charge in [0.15, 0.2) is 17.3 Å². The van der Waals surface area contributed by atoms with E-state index in [0.29, 0.717) is 63.7 Å². The van der Waals surface area contributed by atoms with Gasteiger partial charge in [0.25, 0.3) is 0 Å². The fraction of sp³-hybridized carbons (Fsp3) is 0.417. The van der Waals surface area contributed by atoms with Crippen LogP contribution in [0.4, 0.5) is 16.3 Å².